The van der Waals surface area contributed by atoms with Crippen LogP contribution >= 0.6 is 0 Å². The highest BCUT2D eigenvalue weighted by Crippen LogP contribution is 2.29. The van der Waals surface area contributed by atoms with Crippen molar-refractivity contribution in [1.82, 2.24) is 4.90 Å². The quantitative estimate of drug-likeness (QED) is 0.903. The van der Waals surface area contributed by atoms with Gasteiger partial charge in [0.1, 0.15) is 11.9 Å². The van der Waals surface area contributed by atoms with Gasteiger partial charge in [-0.25, -0.2) is 0 Å². The van der Waals surface area contributed by atoms with Gasteiger partial charge >= 0.3 is 0 Å². The van der Waals surface area contributed by atoms with Crippen molar-refractivity contribution in [3.05, 3.63) is 30.3 Å². The summed E-state index contributed by atoms with van der Waals surface area (Å²) in [6.45, 7) is 7.00. The smallest absolute Gasteiger partial charge is 0.234 e. The first-order valence-electron chi connectivity index (χ1n) is 6.65. The van der Waals surface area contributed by atoms with Gasteiger partial charge in [-0.3, -0.25) is 9.69 Å². The average Bonchev–Trinajstić information content (AvgIpc) is 2.74. The Hall–Kier alpha value is -1.55. The zero-order valence-corrected chi connectivity index (χ0v) is 11.8. The Morgan fingerprint density at radius 3 is 2.42 bits per heavy atom. The Kier molecular flexibility index (Phi) is 3.80. The van der Waals surface area contributed by atoms with Crippen molar-refractivity contribution in [3.63, 3.8) is 0 Å². The molecule has 0 aliphatic carbocycles. The first-order valence-corrected chi connectivity index (χ1v) is 6.65. The molecular weight excluding hydrogens is 240 g/mol. The summed E-state index contributed by atoms with van der Waals surface area (Å²) in [7, 11) is 0. The van der Waals surface area contributed by atoms with Crippen LogP contribution in [-0.4, -0.2) is 35.0 Å². The summed E-state index contributed by atoms with van der Waals surface area (Å²) in [6.07, 6.45) is 0.667. The van der Waals surface area contributed by atoms with Crippen LogP contribution < -0.4 is 10.5 Å². The predicted octanol–water partition coefficient (Wildman–Crippen LogP) is 1.79. The van der Waals surface area contributed by atoms with Crippen molar-refractivity contribution in [2.75, 3.05) is 6.54 Å². The second kappa shape index (κ2) is 5.21. The van der Waals surface area contributed by atoms with E-state index < -0.39 is 0 Å². The fraction of sp³-hybridized carbons (Fsp3) is 0.533. The number of hydrogen-bond acceptors (Lipinski definition) is 3. The molecule has 1 fully saturated rings. The van der Waals surface area contributed by atoms with Crippen molar-refractivity contribution < 1.29 is 9.53 Å². The summed E-state index contributed by atoms with van der Waals surface area (Å²) in [5.74, 6) is 0.570. The zero-order valence-electron chi connectivity index (χ0n) is 11.8. The molecule has 4 nitrogen and oxygen atoms in total. The predicted molar refractivity (Wildman–Crippen MR) is 74.9 cm³/mol. The second-order valence-corrected chi connectivity index (χ2v) is 6.03. The van der Waals surface area contributed by atoms with Gasteiger partial charge in [0.15, 0.2) is 0 Å². The monoisotopic (exact) mass is 262 g/mol. The Labute approximate surface area is 114 Å². The molecule has 0 saturated carbocycles. The van der Waals surface area contributed by atoms with E-state index in [4.69, 9.17) is 10.5 Å². The van der Waals surface area contributed by atoms with Crippen molar-refractivity contribution in [2.45, 2.75) is 44.9 Å². The maximum atomic E-state index is 11.6. The number of carbonyl (C=O) groups excluding carboxylic acids is 1. The zero-order chi connectivity index (χ0) is 14.0. The summed E-state index contributed by atoms with van der Waals surface area (Å²) in [5, 5.41) is 0. The lowest BCUT2D eigenvalue weighted by Crippen LogP contribution is -2.50. The van der Waals surface area contributed by atoms with Crippen molar-refractivity contribution in [1.29, 1.82) is 0 Å². The van der Waals surface area contributed by atoms with Crippen LogP contribution in [0.25, 0.3) is 0 Å². The summed E-state index contributed by atoms with van der Waals surface area (Å²) < 4.78 is 5.93. The lowest BCUT2D eigenvalue weighted by atomic mass is 10.0. The molecule has 19 heavy (non-hydrogen) atoms. The molecule has 2 rings (SSSR count). The molecule has 1 aliphatic rings. The van der Waals surface area contributed by atoms with Crippen LogP contribution in [0.1, 0.15) is 27.2 Å². The molecule has 104 valence electrons. The fourth-order valence-electron chi connectivity index (χ4n) is 2.59. The average molecular weight is 262 g/mol. The summed E-state index contributed by atoms with van der Waals surface area (Å²) in [5.41, 5.74) is 5.42. The number of rotatable bonds is 3. The summed E-state index contributed by atoms with van der Waals surface area (Å²) in [6, 6.07) is 9.45. The Balaban J connectivity index is 2.08. The molecule has 2 atom stereocenters. The van der Waals surface area contributed by atoms with E-state index in [-0.39, 0.29) is 23.6 Å². The van der Waals surface area contributed by atoms with Crippen molar-refractivity contribution >= 4 is 5.91 Å². The van der Waals surface area contributed by atoms with Gasteiger partial charge in [0.25, 0.3) is 0 Å². The highest BCUT2D eigenvalue weighted by atomic mass is 16.5. The molecule has 0 unspecified atom stereocenters. The highest BCUT2D eigenvalue weighted by Gasteiger charge is 2.42. The lowest BCUT2D eigenvalue weighted by molar-refractivity contribution is -0.123. The number of likely N-dealkylation sites (tertiary alicyclic amines) is 1. The third-order valence-corrected chi connectivity index (χ3v) is 3.50. The van der Waals surface area contributed by atoms with E-state index in [9.17, 15) is 4.79 Å². The lowest BCUT2D eigenvalue weighted by Gasteiger charge is -2.35. The number of ether oxygens (including phenoxy) is 1. The maximum absolute atomic E-state index is 11.6. The molecule has 0 radical (unpaired) electrons. The second-order valence-electron chi connectivity index (χ2n) is 6.03. The molecule has 1 amide bonds. The first-order chi connectivity index (χ1) is 8.88. The van der Waals surface area contributed by atoms with E-state index in [1.165, 1.54) is 0 Å². The van der Waals surface area contributed by atoms with E-state index in [1.807, 2.05) is 30.3 Å². The van der Waals surface area contributed by atoms with Gasteiger partial charge in [0.2, 0.25) is 5.91 Å². The van der Waals surface area contributed by atoms with Crippen molar-refractivity contribution in [2.24, 2.45) is 5.73 Å². The van der Waals surface area contributed by atoms with Crippen LogP contribution in [0.2, 0.25) is 0 Å². The van der Waals surface area contributed by atoms with Gasteiger partial charge in [-0.15, -0.1) is 0 Å². The van der Waals surface area contributed by atoms with Crippen LogP contribution in [0.5, 0.6) is 5.75 Å². The number of primary amides is 1. The van der Waals surface area contributed by atoms with E-state index in [0.29, 0.717) is 6.42 Å². The maximum Gasteiger partial charge on any atom is 0.234 e. The van der Waals surface area contributed by atoms with Gasteiger partial charge in [-0.1, -0.05) is 18.2 Å². The highest BCUT2D eigenvalue weighted by molar-refractivity contribution is 5.80. The van der Waals surface area contributed by atoms with E-state index in [2.05, 4.69) is 25.7 Å². The molecule has 1 saturated heterocycles. The summed E-state index contributed by atoms with van der Waals surface area (Å²) in [4.78, 5) is 13.7. The molecule has 1 aliphatic heterocycles. The number of benzene rings is 1. The first kappa shape index (κ1) is 13.9. The Bertz CT molecular complexity index is 439. The van der Waals surface area contributed by atoms with Crippen LogP contribution in [0.15, 0.2) is 30.3 Å². The fourth-order valence-corrected chi connectivity index (χ4v) is 2.59. The Morgan fingerprint density at radius 2 is 1.95 bits per heavy atom. The van der Waals surface area contributed by atoms with Crippen LogP contribution in [0, 0.1) is 0 Å². The van der Waals surface area contributed by atoms with Gasteiger partial charge in [0.05, 0.1) is 6.04 Å². The van der Waals surface area contributed by atoms with Crippen LogP contribution in [0.3, 0.4) is 0 Å². The van der Waals surface area contributed by atoms with Crippen LogP contribution in [0.4, 0.5) is 0 Å². The summed E-state index contributed by atoms with van der Waals surface area (Å²) >= 11 is 0. The number of carbonyl (C=O) groups is 1. The molecule has 1 heterocycles. The third-order valence-electron chi connectivity index (χ3n) is 3.50. The minimum absolute atomic E-state index is 0.0131. The number of nitrogens with two attached hydrogens (primary N) is 1. The van der Waals surface area contributed by atoms with Gasteiger partial charge in [-0.05, 0) is 32.9 Å². The molecular formula is C15H22N2O2. The number of nitrogens with zero attached hydrogens (tertiary/aromatic N) is 1. The molecule has 0 bridgehead atoms. The molecule has 1 aromatic rings. The van der Waals surface area contributed by atoms with Gasteiger partial charge < -0.3 is 10.5 Å². The number of hydrogen-bond donors (Lipinski definition) is 1. The van der Waals surface area contributed by atoms with E-state index >= 15 is 0 Å². The van der Waals surface area contributed by atoms with Gasteiger partial charge in [0, 0.05) is 18.5 Å². The number of amides is 1. The topological polar surface area (TPSA) is 55.6 Å². The van der Waals surface area contributed by atoms with Crippen molar-refractivity contribution in [3.8, 4) is 5.75 Å². The minimum Gasteiger partial charge on any atom is -0.489 e. The minimum atomic E-state index is -0.269. The molecule has 1 aromatic carbocycles. The van der Waals surface area contributed by atoms with Gasteiger partial charge in [-0.2, -0.15) is 0 Å². The molecule has 2 N–H and O–H groups in total. The molecule has 0 aromatic heterocycles. The van der Waals surface area contributed by atoms with E-state index in [0.717, 1.165) is 12.3 Å². The van der Waals surface area contributed by atoms with Crippen LogP contribution in [-0.2, 0) is 4.79 Å². The third kappa shape index (κ3) is 3.26. The standard InChI is InChI=1S/C15H22N2O2/c1-15(2,3)17-10-12(9-13(17)14(16)18)19-11-7-5-4-6-8-11/h4-8,12-13H,9-10H2,1-3H3,(H2,16,18)/t12-,13-/m0/s1. The normalized spacial score (nSPS) is 24.4. The molecule has 0 spiro atoms. The van der Waals surface area contributed by atoms with E-state index in [1.54, 1.807) is 0 Å². The molecule has 4 heteroatoms. The largest absolute Gasteiger partial charge is 0.489 e. The Morgan fingerprint density at radius 1 is 1.32 bits per heavy atom. The number of para-hydroxylation sites is 1. The SMILES string of the molecule is CC(C)(C)N1C[C@@H](Oc2ccccc2)C[C@H]1C(N)=O.